The Morgan fingerprint density at radius 1 is 1.47 bits per heavy atom. The highest BCUT2D eigenvalue weighted by molar-refractivity contribution is 7.12. The van der Waals surface area contributed by atoms with Crippen LogP contribution in [0, 0.1) is 13.8 Å². The van der Waals surface area contributed by atoms with Crippen LogP contribution in [0.3, 0.4) is 0 Å². The summed E-state index contributed by atoms with van der Waals surface area (Å²) in [5.74, 6) is 0.691. The zero-order valence-corrected chi connectivity index (χ0v) is 9.88. The highest BCUT2D eigenvalue weighted by atomic mass is 32.1. The van der Waals surface area contributed by atoms with E-state index in [0.717, 1.165) is 10.4 Å². The fourth-order valence-electron chi connectivity index (χ4n) is 1.70. The summed E-state index contributed by atoms with van der Waals surface area (Å²) < 4.78 is 1.84. The molecule has 0 aromatic carbocycles. The highest BCUT2D eigenvalue weighted by Gasteiger charge is 2.18. The number of aliphatic hydroxyl groups excluding tert-OH is 1. The van der Waals surface area contributed by atoms with E-state index < -0.39 is 6.10 Å². The van der Waals surface area contributed by atoms with E-state index in [4.69, 9.17) is 0 Å². The molecular weight excluding hydrogens is 208 g/mol. The molecule has 0 aliphatic heterocycles. The molecule has 15 heavy (non-hydrogen) atoms. The minimum atomic E-state index is -0.616. The summed E-state index contributed by atoms with van der Waals surface area (Å²) in [5, 5.41) is 10.2. The Balaban J connectivity index is 2.40. The van der Waals surface area contributed by atoms with Crippen molar-refractivity contribution in [2.45, 2.75) is 20.0 Å². The fraction of sp³-hybridized carbons (Fsp3) is 0.364. The summed E-state index contributed by atoms with van der Waals surface area (Å²) in [6, 6.07) is 2.03. The van der Waals surface area contributed by atoms with E-state index in [-0.39, 0.29) is 0 Å². The topological polar surface area (TPSA) is 38.1 Å². The highest BCUT2D eigenvalue weighted by Crippen LogP contribution is 2.29. The molecule has 3 nitrogen and oxygen atoms in total. The number of hydrogen-bond donors (Lipinski definition) is 1. The Kier molecular flexibility index (Phi) is 2.63. The first-order chi connectivity index (χ1) is 7.09. The first-order valence-corrected chi connectivity index (χ1v) is 5.63. The summed E-state index contributed by atoms with van der Waals surface area (Å²) in [6.07, 6.45) is 2.93. The third kappa shape index (κ3) is 1.82. The second-order valence-corrected chi connectivity index (χ2v) is 5.13. The van der Waals surface area contributed by atoms with Crippen molar-refractivity contribution in [3.05, 3.63) is 39.6 Å². The molecule has 0 aliphatic rings. The predicted molar refractivity (Wildman–Crippen MR) is 61.1 cm³/mol. The molecule has 0 radical (unpaired) electrons. The lowest BCUT2D eigenvalue weighted by Gasteiger charge is -2.09. The van der Waals surface area contributed by atoms with Crippen molar-refractivity contribution in [1.29, 1.82) is 0 Å². The number of rotatable bonds is 2. The van der Waals surface area contributed by atoms with Gasteiger partial charge < -0.3 is 9.67 Å². The van der Waals surface area contributed by atoms with Gasteiger partial charge in [0.15, 0.2) is 0 Å². The standard InChI is InChI=1S/C11H14N2OS/c1-7-6-9(8(2)15-7)10(14)11-12-4-5-13(11)3/h4-6,10,14H,1-3H3. The SMILES string of the molecule is Cc1cc(C(O)c2nccn2C)c(C)s1. The summed E-state index contributed by atoms with van der Waals surface area (Å²) in [7, 11) is 1.89. The predicted octanol–water partition coefficient (Wildman–Crippen LogP) is 2.18. The number of imidazole rings is 1. The van der Waals surface area contributed by atoms with Gasteiger partial charge in [0.2, 0.25) is 0 Å². The van der Waals surface area contributed by atoms with Crippen molar-refractivity contribution in [3.8, 4) is 0 Å². The molecule has 0 bridgehead atoms. The van der Waals surface area contributed by atoms with Gasteiger partial charge in [-0.1, -0.05) is 0 Å². The zero-order valence-electron chi connectivity index (χ0n) is 9.06. The van der Waals surface area contributed by atoms with Crippen LogP contribution < -0.4 is 0 Å². The molecule has 0 aliphatic carbocycles. The van der Waals surface area contributed by atoms with Gasteiger partial charge in [0, 0.05) is 34.8 Å². The first kappa shape index (κ1) is 10.4. The second kappa shape index (κ2) is 3.79. The average Bonchev–Trinajstić information content (AvgIpc) is 2.71. The van der Waals surface area contributed by atoms with Gasteiger partial charge in [0.25, 0.3) is 0 Å². The van der Waals surface area contributed by atoms with Gasteiger partial charge in [-0.25, -0.2) is 4.98 Å². The van der Waals surface area contributed by atoms with Crippen molar-refractivity contribution in [2.75, 3.05) is 0 Å². The van der Waals surface area contributed by atoms with E-state index in [9.17, 15) is 5.11 Å². The molecule has 2 aromatic rings. The minimum Gasteiger partial charge on any atom is -0.380 e. The van der Waals surface area contributed by atoms with Gasteiger partial charge >= 0.3 is 0 Å². The molecule has 1 atom stereocenters. The Hall–Kier alpha value is -1.13. The van der Waals surface area contributed by atoms with Crippen LogP contribution in [0.25, 0.3) is 0 Å². The van der Waals surface area contributed by atoms with Crippen LogP contribution >= 0.6 is 11.3 Å². The van der Waals surface area contributed by atoms with E-state index in [0.29, 0.717) is 5.82 Å². The lowest BCUT2D eigenvalue weighted by Crippen LogP contribution is -2.06. The van der Waals surface area contributed by atoms with Crippen molar-refractivity contribution in [2.24, 2.45) is 7.05 Å². The maximum atomic E-state index is 10.2. The van der Waals surface area contributed by atoms with E-state index in [1.54, 1.807) is 17.5 Å². The van der Waals surface area contributed by atoms with E-state index >= 15 is 0 Å². The molecule has 2 heterocycles. The number of aliphatic hydroxyl groups is 1. The Bertz CT molecular complexity index is 473. The summed E-state index contributed by atoms with van der Waals surface area (Å²) in [5.41, 5.74) is 0.965. The van der Waals surface area contributed by atoms with Crippen LogP contribution in [0.4, 0.5) is 0 Å². The van der Waals surface area contributed by atoms with E-state index in [1.165, 1.54) is 4.88 Å². The van der Waals surface area contributed by atoms with Gasteiger partial charge in [0.1, 0.15) is 11.9 Å². The number of thiophene rings is 1. The van der Waals surface area contributed by atoms with Gasteiger partial charge in [-0.3, -0.25) is 0 Å². The van der Waals surface area contributed by atoms with Crippen molar-refractivity contribution in [3.63, 3.8) is 0 Å². The van der Waals surface area contributed by atoms with Gasteiger partial charge in [0.05, 0.1) is 0 Å². The number of nitrogens with zero attached hydrogens (tertiary/aromatic N) is 2. The Morgan fingerprint density at radius 3 is 2.67 bits per heavy atom. The molecule has 0 spiro atoms. The normalized spacial score (nSPS) is 13.1. The van der Waals surface area contributed by atoms with E-state index in [2.05, 4.69) is 4.98 Å². The van der Waals surface area contributed by atoms with Gasteiger partial charge in [-0.15, -0.1) is 11.3 Å². The molecule has 0 fully saturated rings. The van der Waals surface area contributed by atoms with Crippen LogP contribution in [-0.4, -0.2) is 14.7 Å². The largest absolute Gasteiger partial charge is 0.380 e. The second-order valence-electron chi connectivity index (χ2n) is 3.67. The van der Waals surface area contributed by atoms with E-state index in [1.807, 2.05) is 37.7 Å². The summed E-state index contributed by atoms with van der Waals surface area (Å²) >= 11 is 1.70. The summed E-state index contributed by atoms with van der Waals surface area (Å²) in [6.45, 7) is 4.07. The number of aryl methyl sites for hydroxylation is 3. The van der Waals surface area contributed by atoms with Crippen LogP contribution in [-0.2, 0) is 7.05 Å². The summed E-state index contributed by atoms with van der Waals surface area (Å²) in [4.78, 5) is 6.53. The maximum Gasteiger partial charge on any atom is 0.142 e. The third-order valence-corrected chi connectivity index (χ3v) is 3.46. The maximum absolute atomic E-state index is 10.2. The Labute approximate surface area is 93.0 Å². The molecule has 0 saturated carbocycles. The molecule has 0 amide bonds. The van der Waals surface area contributed by atoms with Crippen LogP contribution in [0.15, 0.2) is 18.5 Å². The lowest BCUT2D eigenvalue weighted by atomic mass is 10.1. The molecule has 2 rings (SSSR count). The number of aromatic nitrogens is 2. The zero-order chi connectivity index (χ0) is 11.0. The van der Waals surface area contributed by atoms with Crippen LogP contribution in [0.1, 0.15) is 27.2 Å². The fourth-order valence-corrected chi connectivity index (χ4v) is 2.66. The average molecular weight is 222 g/mol. The minimum absolute atomic E-state index is 0.616. The molecule has 4 heteroatoms. The molecule has 1 N–H and O–H groups in total. The smallest absolute Gasteiger partial charge is 0.142 e. The molecule has 0 saturated heterocycles. The molecular formula is C11H14N2OS. The molecule has 1 unspecified atom stereocenters. The first-order valence-electron chi connectivity index (χ1n) is 4.82. The van der Waals surface area contributed by atoms with Crippen LogP contribution in [0.5, 0.6) is 0 Å². The molecule has 80 valence electrons. The Morgan fingerprint density at radius 2 is 2.20 bits per heavy atom. The van der Waals surface area contributed by atoms with Crippen molar-refractivity contribution >= 4 is 11.3 Å². The quantitative estimate of drug-likeness (QED) is 0.845. The van der Waals surface area contributed by atoms with Gasteiger partial charge in [-0.05, 0) is 19.9 Å². The van der Waals surface area contributed by atoms with Crippen molar-refractivity contribution in [1.82, 2.24) is 9.55 Å². The lowest BCUT2D eigenvalue weighted by molar-refractivity contribution is 0.206. The van der Waals surface area contributed by atoms with Crippen LogP contribution in [0.2, 0.25) is 0 Å². The van der Waals surface area contributed by atoms with Gasteiger partial charge in [-0.2, -0.15) is 0 Å². The monoisotopic (exact) mass is 222 g/mol. The number of hydrogen-bond acceptors (Lipinski definition) is 3. The van der Waals surface area contributed by atoms with Crippen molar-refractivity contribution < 1.29 is 5.11 Å². The molecule has 2 aromatic heterocycles. The third-order valence-electron chi connectivity index (χ3n) is 2.48.